The van der Waals surface area contributed by atoms with Crippen molar-refractivity contribution < 1.29 is 9.53 Å². The van der Waals surface area contributed by atoms with Crippen LogP contribution in [0.3, 0.4) is 0 Å². The fourth-order valence-electron chi connectivity index (χ4n) is 10.1. The second-order valence-corrected chi connectivity index (χ2v) is 15.1. The van der Waals surface area contributed by atoms with Crippen molar-refractivity contribution in [1.29, 1.82) is 0 Å². The zero-order chi connectivity index (χ0) is 28.6. The molecule has 7 atom stereocenters. The van der Waals surface area contributed by atoms with E-state index in [1.807, 2.05) is 6.07 Å². The molecule has 0 bridgehead atoms. The van der Waals surface area contributed by atoms with Gasteiger partial charge in [0.2, 0.25) is 0 Å². The standard InChI is InChI=1S/C37H54N2O2/c1-25(2)9-5-6-10-27-14-16-32-31-15-13-28-23-29(17-20-37(28,4)33(31)18-21-36(27,32)3)41-35(40)38-22-19-26-24-39-34-12-8-7-11-30(26)34/h7-8,11-13,24-25,27,29,31-33,39H,5-6,9-10,14-23H2,1-4H3,(H,38,40). The maximum atomic E-state index is 12.7. The van der Waals surface area contributed by atoms with Gasteiger partial charge in [0.25, 0.3) is 0 Å². The third kappa shape index (κ3) is 5.62. The minimum Gasteiger partial charge on any atom is -0.446 e. The third-order valence-electron chi connectivity index (χ3n) is 12.5. The van der Waals surface area contributed by atoms with Crippen molar-refractivity contribution in [3.05, 3.63) is 47.7 Å². The Kier molecular flexibility index (Phi) is 8.31. The number of ether oxygens (including phenoxy) is 1. The van der Waals surface area contributed by atoms with E-state index >= 15 is 0 Å². The molecule has 3 saturated carbocycles. The number of alkyl carbamates (subject to hydrolysis) is 1. The molecular weight excluding hydrogens is 504 g/mol. The van der Waals surface area contributed by atoms with E-state index in [9.17, 15) is 4.79 Å². The predicted octanol–water partition coefficient (Wildman–Crippen LogP) is 9.60. The SMILES string of the molecule is CC(C)CCCCC1CCC2C3CC=C4CC(OC(=O)NCCc5c[nH]c6ccccc56)CCC4(C)C3CCC12C. The summed E-state index contributed by atoms with van der Waals surface area (Å²) in [6.45, 7) is 10.6. The second kappa shape index (κ2) is 11.8. The number of nitrogens with one attached hydrogen (secondary N) is 2. The van der Waals surface area contributed by atoms with E-state index in [-0.39, 0.29) is 12.2 Å². The number of hydrogen-bond donors (Lipinski definition) is 2. The van der Waals surface area contributed by atoms with Crippen LogP contribution in [0.4, 0.5) is 4.79 Å². The van der Waals surface area contributed by atoms with Gasteiger partial charge in [0.05, 0.1) is 0 Å². The first kappa shape index (κ1) is 28.9. The summed E-state index contributed by atoms with van der Waals surface area (Å²) in [5, 5.41) is 4.25. The summed E-state index contributed by atoms with van der Waals surface area (Å²) in [6, 6.07) is 8.33. The van der Waals surface area contributed by atoms with Crippen LogP contribution in [0.15, 0.2) is 42.1 Å². The van der Waals surface area contributed by atoms with E-state index in [4.69, 9.17) is 4.74 Å². The number of carbonyl (C=O) groups excluding carboxylic acids is 1. The highest BCUT2D eigenvalue weighted by atomic mass is 16.6. The number of H-pyrrole nitrogens is 1. The largest absolute Gasteiger partial charge is 0.446 e. The first-order chi connectivity index (χ1) is 19.8. The Balaban J connectivity index is 1.02. The van der Waals surface area contributed by atoms with Gasteiger partial charge in [-0.25, -0.2) is 4.79 Å². The van der Waals surface area contributed by atoms with E-state index in [1.54, 1.807) is 5.57 Å². The Bertz CT molecular complexity index is 1240. The van der Waals surface area contributed by atoms with E-state index in [0.29, 0.717) is 17.4 Å². The first-order valence-corrected chi connectivity index (χ1v) is 17.0. The van der Waals surface area contributed by atoms with Crippen molar-refractivity contribution in [3.8, 4) is 0 Å². The van der Waals surface area contributed by atoms with Gasteiger partial charge in [0.1, 0.15) is 6.10 Å². The number of aromatic amines is 1. The molecule has 2 N–H and O–H groups in total. The minimum absolute atomic E-state index is 0.00882. The fourth-order valence-corrected chi connectivity index (χ4v) is 10.1. The summed E-state index contributed by atoms with van der Waals surface area (Å²) in [5.74, 6) is 4.35. The summed E-state index contributed by atoms with van der Waals surface area (Å²) < 4.78 is 5.99. The molecule has 224 valence electrons. The Labute approximate surface area is 248 Å². The Morgan fingerprint density at radius 2 is 1.93 bits per heavy atom. The zero-order valence-corrected chi connectivity index (χ0v) is 26.1. The molecule has 1 amide bonds. The average molecular weight is 559 g/mol. The molecule has 4 nitrogen and oxygen atoms in total. The number of fused-ring (bicyclic) bond motifs is 6. The van der Waals surface area contributed by atoms with Crippen LogP contribution in [0.1, 0.15) is 110 Å². The molecule has 4 aliphatic carbocycles. The number of hydrogen-bond acceptors (Lipinski definition) is 2. The molecule has 0 aliphatic heterocycles. The van der Waals surface area contributed by atoms with Crippen molar-refractivity contribution in [2.75, 3.05) is 6.54 Å². The van der Waals surface area contributed by atoms with Gasteiger partial charge in [-0.2, -0.15) is 0 Å². The molecule has 6 rings (SSSR count). The number of para-hydroxylation sites is 1. The predicted molar refractivity (Wildman–Crippen MR) is 169 cm³/mol. The number of rotatable bonds is 9. The molecule has 7 unspecified atom stereocenters. The second-order valence-electron chi connectivity index (χ2n) is 15.1. The summed E-state index contributed by atoms with van der Waals surface area (Å²) in [7, 11) is 0. The highest BCUT2D eigenvalue weighted by molar-refractivity contribution is 5.83. The van der Waals surface area contributed by atoms with Crippen molar-refractivity contribution >= 4 is 17.0 Å². The average Bonchev–Trinajstić information content (AvgIpc) is 3.52. The zero-order valence-electron chi connectivity index (χ0n) is 26.1. The summed E-state index contributed by atoms with van der Waals surface area (Å²) >= 11 is 0. The van der Waals surface area contributed by atoms with E-state index in [2.05, 4.69) is 68.5 Å². The van der Waals surface area contributed by atoms with Gasteiger partial charge < -0.3 is 15.0 Å². The van der Waals surface area contributed by atoms with Crippen LogP contribution in [0.5, 0.6) is 0 Å². The van der Waals surface area contributed by atoms with E-state index in [1.165, 1.54) is 68.7 Å². The van der Waals surface area contributed by atoms with E-state index in [0.717, 1.165) is 60.8 Å². The number of benzene rings is 1. The molecule has 4 aliphatic rings. The number of carbonyl (C=O) groups is 1. The number of allylic oxidation sites excluding steroid dienone is 1. The molecule has 0 radical (unpaired) electrons. The molecule has 0 saturated heterocycles. The molecular formula is C37H54N2O2. The molecule has 1 heterocycles. The monoisotopic (exact) mass is 558 g/mol. The Morgan fingerprint density at radius 3 is 2.78 bits per heavy atom. The highest BCUT2D eigenvalue weighted by Crippen LogP contribution is 2.66. The minimum atomic E-state index is -0.258. The molecule has 1 aromatic heterocycles. The maximum absolute atomic E-state index is 12.7. The highest BCUT2D eigenvalue weighted by Gasteiger charge is 2.58. The Morgan fingerprint density at radius 1 is 1.07 bits per heavy atom. The molecule has 3 fully saturated rings. The lowest BCUT2D eigenvalue weighted by Crippen LogP contribution is -2.50. The van der Waals surface area contributed by atoms with Gasteiger partial charge in [-0.3, -0.25) is 0 Å². The van der Waals surface area contributed by atoms with Crippen LogP contribution < -0.4 is 5.32 Å². The summed E-state index contributed by atoms with van der Waals surface area (Å²) in [4.78, 5) is 16.1. The van der Waals surface area contributed by atoms with Crippen LogP contribution >= 0.6 is 0 Å². The quantitative estimate of drug-likeness (QED) is 0.238. The normalized spacial score (nSPS) is 34.6. The lowest BCUT2D eigenvalue weighted by atomic mass is 9.47. The fraction of sp³-hybridized carbons (Fsp3) is 0.703. The van der Waals surface area contributed by atoms with Crippen LogP contribution in [0, 0.1) is 40.4 Å². The van der Waals surface area contributed by atoms with Crippen molar-refractivity contribution in [3.63, 3.8) is 0 Å². The Hall–Kier alpha value is -2.23. The maximum Gasteiger partial charge on any atom is 0.407 e. The first-order valence-electron chi connectivity index (χ1n) is 17.0. The molecule has 1 aromatic carbocycles. The summed E-state index contributed by atoms with van der Waals surface area (Å²) in [5.41, 5.74) is 4.83. The van der Waals surface area contributed by atoms with Gasteiger partial charge in [-0.1, -0.05) is 76.8 Å². The lowest BCUT2D eigenvalue weighted by Gasteiger charge is -2.58. The molecule has 0 spiro atoms. The van der Waals surface area contributed by atoms with Gasteiger partial charge >= 0.3 is 6.09 Å². The van der Waals surface area contributed by atoms with Crippen LogP contribution in [-0.4, -0.2) is 23.7 Å². The van der Waals surface area contributed by atoms with E-state index < -0.39 is 0 Å². The number of amides is 1. The van der Waals surface area contributed by atoms with Crippen molar-refractivity contribution in [2.24, 2.45) is 40.4 Å². The van der Waals surface area contributed by atoms with Gasteiger partial charge in [0, 0.05) is 30.1 Å². The third-order valence-corrected chi connectivity index (χ3v) is 12.5. The molecule has 4 heteroatoms. The van der Waals surface area contributed by atoms with Gasteiger partial charge in [-0.15, -0.1) is 0 Å². The number of unbranched alkanes of at least 4 members (excludes halogenated alkanes) is 1. The van der Waals surface area contributed by atoms with Gasteiger partial charge in [-0.05, 0) is 110 Å². The van der Waals surface area contributed by atoms with Crippen LogP contribution in [0.2, 0.25) is 0 Å². The molecule has 2 aromatic rings. The molecule has 41 heavy (non-hydrogen) atoms. The van der Waals surface area contributed by atoms with Crippen molar-refractivity contribution in [2.45, 2.75) is 117 Å². The summed E-state index contributed by atoms with van der Waals surface area (Å²) in [6.07, 6.45) is 21.0. The number of aromatic nitrogens is 1. The van der Waals surface area contributed by atoms with Crippen molar-refractivity contribution in [1.82, 2.24) is 10.3 Å². The van der Waals surface area contributed by atoms with Gasteiger partial charge in [0.15, 0.2) is 0 Å². The lowest BCUT2D eigenvalue weighted by molar-refractivity contribution is -0.0519. The smallest absolute Gasteiger partial charge is 0.407 e. The topological polar surface area (TPSA) is 54.1 Å². The van der Waals surface area contributed by atoms with Crippen LogP contribution in [0.25, 0.3) is 10.9 Å². The van der Waals surface area contributed by atoms with Crippen LogP contribution in [-0.2, 0) is 11.2 Å².